The van der Waals surface area contributed by atoms with Crippen LogP contribution < -0.4 is 5.32 Å². The highest BCUT2D eigenvalue weighted by Gasteiger charge is 2.16. The molecule has 0 saturated heterocycles. The molecule has 0 bridgehead atoms. The van der Waals surface area contributed by atoms with Gasteiger partial charge in [-0.1, -0.05) is 13.8 Å². The summed E-state index contributed by atoms with van der Waals surface area (Å²) in [5.74, 6) is 1.86. The lowest BCUT2D eigenvalue weighted by atomic mass is 10.2. The highest BCUT2D eigenvalue weighted by molar-refractivity contribution is 4.89. The summed E-state index contributed by atoms with van der Waals surface area (Å²) in [7, 11) is 0. The van der Waals surface area contributed by atoms with E-state index in [2.05, 4.69) is 38.8 Å². The van der Waals surface area contributed by atoms with Crippen molar-refractivity contribution in [3.63, 3.8) is 0 Å². The highest BCUT2D eigenvalue weighted by Crippen LogP contribution is 2.09. The maximum absolute atomic E-state index is 4.14. The van der Waals surface area contributed by atoms with Crippen LogP contribution in [0.2, 0.25) is 0 Å². The van der Waals surface area contributed by atoms with E-state index < -0.39 is 0 Å². The number of hydrogen-bond acceptors (Lipinski definition) is 4. The standard InChI is InChI=1S/C13H25N5/c1-12(2)9-14-5-3-4-6-17-7-8-18-11-15-16-13(18)10-17/h11-12,14H,3-10H2,1-2H3. The number of fused-ring (bicyclic) bond motifs is 1. The van der Waals surface area contributed by atoms with E-state index in [1.807, 2.05) is 6.33 Å². The second-order valence-electron chi connectivity index (χ2n) is 5.52. The molecule has 1 aliphatic rings. The summed E-state index contributed by atoms with van der Waals surface area (Å²) >= 11 is 0. The van der Waals surface area contributed by atoms with Crippen LogP contribution in [-0.2, 0) is 13.1 Å². The third kappa shape index (κ3) is 4.07. The van der Waals surface area contributed by atoms with Crippen molar-refractivity contribution >= 4 is 0 Å². The molecule has 5 heteroatoms. The van der Waals surface area contributed by atoms with E-state index in [-0.39, 0.29) is 0 Å². The molecular formula is C13H25N5. The molecule has 1 aliphatic heterocycles. The van der Waals surface area contributed by atoms with Crippen molar-refractivity contribution in [3.05, 3.63) is 12.2 Å². The van der Waals surface area contributed by atoms with Crippen LogP contribution in [0.1, 0.15) is 32.5 Å². The quantitative estimate of drug-likeness (QED) is 0.738. The fourth-order valence-electron chi connectivity index (χ4n) is 2.28. The molecule has 0 saturated carbocycles. The first-order valence-electron chi connectivity index (χ1n) is 7.05. The topological polar surface area (TPSA) is 46.0 Å². The third-order valence-corrected chi connectivity index (χ3v) is 3.35. The molecule has 0 amide bonds. The first-order valence-corrected chi connectivity index (χ1v) is 7.05. The van der Waals surface area contributed by atoms with Gasteiger partial charge < -0.3 is 9.88 Å². The maximum Gasteiger partial charge on any atom is 0.147 e. The van der Waals surface area contributed by atoms with E-state index in [0.29, 0.717) is 0 Å². The Morgan fingerprint density at radius 1 is 1.33 bits per heavy atom. The van der Waals surface area contributed by atoms with Gasteiger partial charge in [0.15, 0.2) is 0 Å². The van der Waals surface area contributed by atoms with Gasteiger partial charge in [0.05, 0.1) is 6.54 Å². The number of nitrogens with zero attached hydrogens (tertiary/aromatic N) is 4. The lowest BCUT2D eigenvalue weighted by Gasteiger charge is -2.26. The van der Waals surface area contributed by atoms with Gasteiger partial charge in [-0.2, -0.15) is 0 Å². The lowest BCUT2D eigenvalue weighted by molar-refractivity contribution is 0.213. The SMILES string of the molecule is CC(C)CNCCCCN1CCn2cnnc2C1. The molecule has 2 heterocycles. The van der Waals surface area contributed by atoms with Crippen LogP contribution >= 0.6 is 0 Å². The summed E-state index contributed by atoms with van der Waals surface area (Å²) in [5, 5.41) is 11.6. The van der Waals surface area contributed by atoms with Crippen LogP contribution in [-0.4, -0.2) is 45.8 Å². The third-order valence-electron chi connectivity index (χ3n) is 3.35. The molecule has 1 aromatic heterocycles. The summed E-state index contributed by atoms with van der Waals surface area (Å²) in [4.78, 5) is 2.48. The molecular weight excluding hydrogens is 226 g/mol. The number of nitrogens with one attached hydrogen (secondary N) is 1. The number of aromatic nitrogens is 3. The highest BCUT2D eigenvalue weighted by atomic mass is 15.3. The van der Waals surface area contributed by atoms with Crippen LogP contribution in [0.25, 0.3) is 0 Å². The smallest absolute Gasteiger partial charge is 0.147 e. The zero-order valence-corrected chi connectivity index (χ0v) is 11.6. The minimum Gasteiger partial charge on any atom is -0.316 e. The molecule has 0 radical (unpaired) electrons. The molecule has 0 aromatic carbocycles. The van der Waals surface area contributed by atoms with Gasteiger partial charge in [-0.15, -0.1) is 10.2 Å². The fraction of sp³-hybridized carbons (Fsp3) is 0.846. The number of unbranched alkanes of at least 4 members (excludes halogenated alkanes) is 1. The first-order chi connectivity index (χ1) is 8.75. The Morgan fingerprint density at radius 3 is 3.06 bits per heavy atom. The minimum absolute atomic E-state index is 0.749. The van der Waals surface area contributed by atoms with E-state index in [1.165, 1.54) is 19.4 Å². The molecule has 0 atom stereocenters. The molecule has 2 rings (SSSR count). The maximum atomic E-state index is 4.14. The Balaban J connectivity index is 1.56. The second kappa shape index (κ2) is 6.85. The fourth-order valence-corrected chi connectivity index (χ4v) is 2.28. The van der Waals surface area contributed by atoms with Gasteiger partial charge in [-0.3, -0.25) is 4.90 Å². The van der Waals surface area contributed by atoms with Gasteiger partial charge in [-0.25, -0.2) is 0 Å². The van der Waals surface area contributed by atoms with Gasteiger partial charge >= 0.3 is 0 Å². The Bertz CT molecular complexity index is 347. The lowest BCUT2D eigenvalue weighted by Crippen LogP contribution is -2.34. The van der Waals surface area contributed by atoms with Crippen LogP contribution in [0.15, 0.2) is 6.33 Å². The summed E-state index contributed by atoms with van der Waals surface area (Å²) in [5.41, 5.74) is 0. The van der Waals surface area contributed by atoms with Crippen LogP contribution in [0.5, 0.6) is 0 Å². The van der Waals surface area contributed by atoms with Crippen molar-refractivity contribution in [3.8, 4) is 0 Å². The Labute approximate surface area is 110 Å². The van der Waals surface area contributed by atoms with E-state index in [0.717, 1.165) is 44.5 Å². The molecule has 1 N–H and O–H groups in total. The van der Waals surface area contributed by atoms with E-state index >= 15 is 0 Å². The summed E-state index contributed by atoms with van der Waals surface area (Å²) in [6, 6.07) is 0. The van der Waals surface area contributed by atoms with Crippen molar-refractivity contribution in [2.45, 2.75) is 39.8 Å². The van der Waals surface area contributed by atoms with E-state index in [4.69, 9.17) is 0 Å². The van der Waals surface area contributed by atoms with Crippen molar-refractivity contribution in [2.24, 2.45) is 5.92 Å². The molecule has 1 aromatic rings. The molecule has 0 spiro atoms. The van der Waals surface area contributed by atoms with E-state index in [1.54, 1.807) is 0 Å². The van der Waals surface area contributed by atoms with Crippen LogP contribution in [0, 0.1) is 5.92 Å². The Kier molecular flexibility index (Phi) is 5.13. The Morgan fingerprint density at radius 2 is 2.22 bits per heavy atom. The predicted octanol–water partition coefficient (Wildman–Crippen LogP) is 1.12. The normalized spacial score (nSPS) is 16.2. The van der Waals surface area contributed by atoms with E-state index in [9.17, 15) is 0 Å². The number of hydrogen-bond donors (Lipinski definition) is 1. The molecule has 0 unspecified atom stereocenters. The molecule has 18 heavy (non-hydrogen) atoms. The van der Waals surface area contributed by atoms with Crippen molar-refractivity contribution in [1.29, 1.82) is 0 Å². The summed E-state index contributed by atoms with van der Waals surface area (Å²) in [6.07, 6.45) is 4.36. The average molecular weight is 251 g/mol. The molecule has 5 nitrogen and oxygen atoms in total. The largest absolute Gasteiger partial charge is 0.316 e. The molecule has 102 valence electrons. The van der Waals surface area contributed by atoms with Crippen molar-refractivity contribution in [1.82, 2.24) is 25.0 Å². The van der Waals surface area contributed by atoms with Crippen LogP contribution in [0.3, 0.4) is 0 Å². The average Bonchev–Trinajstić information content (AvgIpc) is 2.80. The zero-order valence-electron chi connectivity index (χ0n) is 11.6. The minimum atomic E-state index is 0.749. The van der Waals surface area contributed by atoms with Crippen LogP contribution in [0.4, 0.5) is 0 Å². The predicted molar refractivity (Wildman–Crippen MR) is 72.2 cm³/mol. The Hall–Kier alpha value is -0.940. The van der Waals surface area contributed by atoms with Gasteiger partial charge in [0.1, 0.15) is 12.2 Å². The van der Waals surface area contributed by atoms with Crippen molar-refractivity contribution < 1.29 is 0 Å². The monoisotopic (exact) mass is 251 g/mol. The molecule has 0 fully saturated rings. The van der Waals surface area contributed by atoms with Gasteiger partial charge in [0.25, 0.3) is 0 Å². The van der Waals surface area contributed by atoms with Gasteiger partial charge in [0, 0.05) is 13.1 Å². The van der Waals surface area contributed by atoms with Gasteiger partial charge in [0.2, 0.25) is 0 Å². The number of rotatable bonds is 7. The first kappa shape index (κ1) is 13.5. The zero-order chi connectivity index (χ0) is 12.8. The van der Waals surface area contributed by atoms with Gasteiger partial charge in [-0.05, 0) is 38.4 Å². The second-order valence-corrected chi connectivity index (χ2v) is 5.52. The molecule has 0 aliphatic carbocycles. The van der Waals surface area contributed by atoms with Crippen molar-refractivity contribution in [2.75, 3.05) is 26.2 Å². The summed E-state index contributed by atoms with van der Waals surface area (Å²) in [6.45, 7) is 11.1. The summed E-state index contributed by atoms with van der Waals surface area (Å²) < 4.78 is 2.15.